The van der Waals surface area contributed by atoms with E-state index in [-0.39, 0.29) is 11.8 Å². The first kappa shape index (κ1) is 16.1. The van der Waals surface area contributed by atoms with E-state index in [1.165, 1.54) is 0 Å². The number of nitriles is 1. The molecule has 1 aliphatic rings. The van der Waals surface area contributed by atoms with Gasteiger partial charge in [0.15, 0.2) is 0 Å². The Balaban J connectivity index is 1.59. The lowest BCUT2D eigenvalue weighted by molar-refractivity contribution is 0.0712. The number of nitrogens with zero attached hydrogens (tertiary/aromatic N) is 6. The van der Waals surface area contributed by atoms with Crippen LogP contribution in [0.2, 0.25) is 0 Å². The number of aromatic nitrogens is 4. The van der Waals surface area contributed by atoms with Crippen LogP contribution in [-0.2, 0) is 19.6 Å². The van der Waals surface area contributed by atoms with E-state index in [0.29, 0.717) is 24.2 Å². The average molecular weight is 346 g/mol. The van der Waals surface area contributed by atoms with Gasteiger partial charge in [-0.25, -0.2) is 4.98 Å². The molecule has 1 amide bonds. The third-order valence-corrected chi connectivity index (χ3v) is 4.62. The first-order valence-electron chi connectivity index (χ1n) is 8.50. The van der Waals surface area contributed by atoms with Crippen LogP contribution in [0, 0.1) is 17.2 Å². The van der Waals surface area contributed by atoms with Gasteiger partial charge >= 0.3 is 0 Å². The number of amides is 1. The van der Waals surface area contributed by atoms with E-state index in [9.17, 15) is 4.79 Å². The zero-order valence-electron chi connectivity index (χ0n) is 14.2. The van der Waals surface area contributed by atoms with E-state index < -0.39 is 0 Å². The van der Waals surface area contributed by atoms with Crippen LogP contribution in [0.1, 0.15) is 21.7 Å². The highest BCUT2D eigenvalue weighted by molar-refractivity contribution is 5.94. The Labute approximate surface area is 151 Å². The highest BCUT2D eigenvalue weighted by Gasteiger charge is 2.26. The second-order valence-electron chi connectivity index (χ2n) is 6.46. The second kappa shape index (κ2) is 6.84. The zero-order valence-corrected chi connectivity index (χ0v) is 14.2. The summed E-state index contributed by atoms with van der Waals surface area (Å²) in [4.78, 5) is 19.3. The van der Waals surface area contributed by atoms with Gasteiger partial charge in [-0.1, -0.05) is 0 Å². The number of fused-ring (bicyclic) bond motifs is 1. The van der Waals surface area contributed by atoms with Gasteiger partial charge in [-0.3, -0.25) is 9.48 Å². The van der Waals surface area contributed by atoms with Crippen molar-refractivity contribution in [3.8, 4) is 6.07 Å². The first-order valence-corrected chi connectivity index (χ1v) is 8.50. The number of carbonyl (C=O) groups excluding carboxylic acids is 1. The van der Waals surface area contributed by atoms with E-state index in [0.717, 1.165) is 18.9 Å². The van der Waals surface area contributed by atoms with E-state index in [1.807, 2.05) is 28.0 Å². The van der Waals surface area contributed by atoms with Crippen LogP contribution in [0.3, 0.4) is 0 Å². The molecule has 0 spiro atoms. The van der Waals surface area contributed by atoms with Crippen molar-refractivity contribution < 1.29 is 4.79 Å². The molecule has 2 aromatic heterocycles. The summed E-state index contributed by atoms with van der Waals surface area (Å²) in [5.41, 5.74) is 1.13. The third-order valence-electron chi connectivity index (χ3n) is 4.62. The Morgan fingerprint density at radius 2 is 2.04 bits per heavy atom. The molecule has 0 aliphatic carbocycles. The SMILES string of the molecule is N#Cc1ccc(C(=O)N2Cc3nccn3C[C@H](Cn3cccn3)C2)cc1. The maximum Gasteiger partial charge on any atom is 0.254 e. The van der Waals surface area contributed by atoms with E-state index in [2.05, 4.69) is 20.7 Å². The molecular weight excluding hydrogens is 328 g/mol. The van der Waals surface area contributed by atoms with Gasteiger partial charge in [-0.05, 0) is 30.3 Å². The zero-order chi connectivity index (χ0) is 17.9. The fraction of sp³-hybridized carbons (Fsp3) is 0.263. The van der Waals surface area contributed by atoms with E-state index >= 15 is 0 Å². The van der Waals surface area contributed by atoms with Gasteiger partial charge in [0.05, 0.1) is 18.2 Å². The Morgan fingerprint density at radius 3 is 2.77 bits per heavy atom. The Bertz CT molecular complexity index is 935. The Hall–Kier alpha value is -3.40. The molecule has 0 fully saturated rings. The quantitative estimate of drug-likeness (QED) is 0.726. The molecule has 0 saturated heterocycles. The molecule has 26 heavy (non-hydrogen) atoms. The van der Waals surface area contributed by atoms with Crippen molar-refractivity contribution in [3.63, 3.8) is 0 Å². The van der Waals surface area contributed by atoms with Crippen molar-refractivity contribution >= 4 is 5.91 Å². The molecule has 130 valence electrons. The third kappa shape index (κ3) is 3.22. The van der Waals surface area contributed by atoms with Crippen LogP contribution < -0.4 is 0 Å². The smallest absolute Gasteiger partial charge is 0.254 e. The summed E-state index contributed by atoms with van der Waals surface area (Å²) in [5, 5.41) is 13.2. The minimum Gasteiger partial charge on any atom is -0.333 e. The molecule has 1 atom stereocenters. The molecule has 3 aromatic rings. The molecule has 0 saturated carbocycles. The second-order valence-corrected chi connectivity index (χ2v) is 6.46. The van der Waals surface area contributed by atoms with Crippen molar-refractivity contribution in [2.45, 2.75) is 19.6 Å². The van der Waals surface area contributed by atoms with Crippen LogP contribution in [0.4, 0.5) is 0 Å². The highest BCUT2D eigenvalue weighted by atomic mass is 16.2. The molecule has 1 aromatic carbocycles. The fourth-order valence-electron chi connectivity index (χ4n) is 3.35. The molecule has 7 heteroatoms. The van der Waals surface area contributed by atoms with Gasteiger partial charge in [-0.15, -0.1) is 0 Å². The topological polar surface area (TPSA) is 79.7 Å². The van der Waals surface area contributed by atoms with Gasteiger partial charge in [0.25, 0.3) is 5.91 Å². The lowest BCUT2D eigenvalue weighted by Crippen LogP contribution is -2.35. The van der Waals surface area contributed by atoms with Crippen LogP contribution >= 0.6 is 0 Å². The molecule has 4 rings (SSSR count). The summed E-state index contributed by atoms with van der Waals surface area (Å²) in [5.74, 6) is 1.07. The first-order chi connectivity index (χ1) is 12.7. The van der Waals surface area contributed by atoms with Gasteiger partial charge < -0.3 is 9.47 Å². The number of benzene rings is 1. The lowest BCUT2D eigenvalue weighted by Gasteiger charge is -2.24. The van der Waals surface area contributed by atoms with E-state index in [1.54, 1.807) is 36.7 Å². The number of hydrogen-bond donors (Lipinski definition) is 0. The molecule has 0 N–H and O–H groups in total. The van der Waals surface area contributed by atoms with Crippen molar-refractivity contribution in [3.05, 3.63) is 72.1 Å². The summed E-state index contributed by atoms with van der Waals surface area (Å²) >= 11 is 0. The molecule has 1 aliphatic heterocycles. The van der Waals surface area contributed by atoms with Gasteiger partial charge in [0.1, 0.15) is 5.82 Å². The van der Waals surface area contributed by atoms with Crippen molar-refractivity contribution in [2.24, 2.45) is 5.92 Å². The predicted octanol–water partition coefficient (Wildman–Crippen LogP) is 1.92. The summed E-state index contributed by atoms with van der Waals surface area (Å²) in [6.07, 6.45) is 7.43. The van der Waals surface area contributed by atoms with Crippen LogP contribution in [-0.4, -0.2) is 36.7 Å². The van der Waals surface area contributed by atoms with Crippen molar-refractivity contribution in [1.29, 1.82) is 5.26 Å². The number of imidazole rings is 1. The summed E-state index contributed by atoms with van der Waals surface area (Å²) in [7, 11) is 0. The molecule has 0 bridgehead atoms. The summed E-state index contributed by atoms with van der Waals surface area (Å²) < 4.78 is 4.01. The molecule has 7 nitrogen and oxygen atoms in total. The minimum atomic E-state index is -0.0450. The monoisotopic (exact) mass is 346 g/mol. The number of hydrogen-bond acceptors (Lipinski definition) is 4. The van der Waals surface area contributed by atoms with Gasteiger partial charge in [0, 0.05) is 55.9 Å². The van der Waals surface area contributed by atoms with E-state index in [4.69, 9.17) is 5.26 Å². The molecule has 3 heterocycles. The van der Waals surface area contributed by atoms with Crippen molar-refractivity contribution in [1.82, 2.24) is 24.2 Å². The molecule has 0 radical (unpaired) electrons. The maximum atomic E-state index is 13.0. The summed E-state index contributed by atoms with van der Waals surface area (Å²) in [6, 6.07) is 10.7. The fourth-order valence-corrected chi connectivity index (χ4v) is 3.35. The average Bonchev–Trinajstić information content (AvgIpc) is 3.30. The van der Waals surface area contributed by atoms with Gasteiger partial charge in [-0.2, -0.15) is 10.4 Å². The van der Waals surface area contributed by atoms with Crippen LogP contribution in [0.5, 0.6) is 0 Å². The molecular formula is C19H18N6O. The summed E-state index contributed by atoms with van der Waals surface area (Å²) in [6.45, 7) is 2.64. The van der Waals surface area contributed by atoms with Crippen LogP contribution in [0.15, 0.2) is 55.1 Å². The standard InChI is InChI=1S/C19H18N6O/c20-10-15-2-4-17(5-3-15)19(26)24-12-16(13-25-8-1-6-22-25)11-23-9-7-21-18(23)14-24/h1-9,16H,11-14H2/t16-/m0/s1. The molecule has 0 unspecified atom stereocenters. The Morgan fingerprint density at radius 1 is 1.19 bits per heavy atom. The maximum absolute atomic E-state index is 13.0. The number of rotatable bonds is 3. The van der Waals surface area contributed by atoms with Crippen LogP contribution in [0.25, 0.3) is 0 Å². The number of carbonyl (C=O) groups is 1. The normalized spacial score (nSPS) is 16.6. The van der Waals surface area contributed by atoms with Gasteiger partial charge in [0.2, 0.25) is 0 Å². The highest BCUT2D eigenvalue weighted by Crippen LogP contribution is 2.19. The Kier molecular flexibility index (Phi) is 4.23. The van der Waals surface area contributed by atoms with Crippen molar-refractivity contribution in [2.75, 3.05) is 6.54 Å². The predicted molar refractivity (Wildman–Crippen MR) is 93.8 cm³/mol. The largest absolute Gasteiger partial charge is 0.333 e. The minimum absolute atomic E-state index is 0.0450. The lowest BCUT2D eigenvalue weighted by atomic mass is 10.1.